The Bertz CT molecular complexity index is 1330. The number of pyridine rings is 1. The van der Waals surface area contributed by atoms with E-state index in [4.69, 9.17) is 11.6 Å². The van der Waals surface area contributed by atoms with Crippen LogP contribution in [-0.2, 0) is 24.3 Å². The van der Waals surface area contributed by atoms with Crippen molar-refractivity contribution in [2.24, 2.45) is 0 Å². The topological polar surface area (TPSA) is 75.5 Å². The summed E-state index contributed by atoms with van der Waals surface area (Å²) in [6.07, 6.45) is 3.83. The van der Waals surface area contributed by atoms with Crippen LogP contribution in [0.3, 0.4) is 0 Å². The standard InChI is InChI=1S/C28H29ClN4O2/c1-3-5-26(34)30-17-19-6-10-21(11-7-19)22-12-8-20(9-13-22)18-31-28(35)27-24(4-2)32-25-16-23(29)14-15-33(25)27/h6-16H,3-5,17-18H2,1-2H3,(H,30,34)(H,31,35). The van der Waals surface area contributed by atoms with Crippen LogP contribution in [0.2, 0.25) is 5.02 Å². The van der Waals surface area contributed by atoms with Crippen molar-refractivity contribution in [3.63, 3.8) is 0 Å². The van der Waals surface area contributed by atoms with Gasteiger partial charge in [0, 0.05) is 36.8 Å². The van der Waals surface area contributed by atoms with E-state index in [0.717, 1.165) is 34.4 Å². The van der Waals surface area contributed by atoms with E-state index in [-0.39, 0.29) is 11.8 Å². The highest BCUT2D eigenvalue weighted by Gasteiger charge is 2.18. The number of nitrogens with zero attached hydrogens (tertiary/aromatic N) is 2. The van der Waals surface area contributed by atoms with Crippen molar-refractivity contribution >= 4 is 29.1 Å². The fourth-order valence-electron chi connectivity index (χ4n) is 3.97. The van der Waals surface area contributed by atoms with Crippen molar-refractivity contribution in [3.05, 3.63) is 94.4 Å². The summed E-state index contributed by atoms with van der Waals surface area (Å²) >= 11 is 6.08. The highest BCUT2D eigenvalue weighted by molar-refractivity contribution is 6.30. The van der Waals surface area contributed by atoms with Crippen LogP contribution in [0, 0.1) is 0 Å². The molecule has 0 saturated carbocycles. The number of benzene rings is 2. The number of amides is 2. The van der Waals surface area contributed by atoms with Crippen LogP contribution in [0.15, 0.2) is 66.9 Å². The van der Waals surface area contributed by atoms with Gasteiger partial charge in [-0.05, 0) is 41.2 Å². The van der Waals surface area contributed by atoms with Crippen LogP contribution in [0.1, 0.15) is 54.0 Å². The van der Waals surface area contributed by atoms with Crippen molar-refractivity contribution in [1.82, 2.24) is 20.0 Å². The number of hydrogen-bond donors (Lipinski definition) is 2. The third kappa shape index (κ3) is 5.89. The smallest absolute Gasteiger partial charge is 0.270 e. The zero-order valence-electron chi connectivity index (χ0n) is 20.0. The average Bonchev–Trinajstić information content (AvgIpc) is 3.24. The largest absolute Gasteiger partial charge is 0.352 e. The maximum Gasteiger partial charge on any atom is 0.270 e. The first kappa shape index (κ1) is 24.5. The monoisotopic (exact) mass is 488 g/mol. The highest BCUT2D eigenvalue weighted by Crippen LogP contribution is 2.21. The van der Waals surface area contributed by atoms with E-state index in [2.05, 4.69) is 27.8 Å². The van der Waals surface area contributed by atoms with Gasteiger partial charge in [-0.2, -0.15) is 0 Å². The van der Waals surface area contributed by atoms with Gasteiger partial charge in [-0.15, -0.1) is 0 Å². The van der Waals surface area contributed by atoms with Gasteiger partial charge in [0.1, 0.15) is 11.3 Å². The van der Waals surface area contributed by atoms with Gasteiger partial charge in [-0.1, -0.05) is 74.0 Å². The van der Waals surface area contributed by atoms with E-state index < -0.39 is 0 Å². The van der Waals surface area contributed by atoms with Gasteiger partial charge in [0.2, 0.25) is 5.91 Å². The van der Waals surface area contributed by atoms with E-state index in [1.165, 1.54) is 0 Å². The summed E-state index contributed by atoms with van der Waals surface area (Å²) in [5, 5.41) is 6.54. The second-order valence-electron chi connectivity index (χ2n) is 8.44. The number of aryl methyl sites for hydroxylation is 1. The quantitative estimate of drug-likeness (QED) is 0.323. The number of imidazole rings is 1. The van der Waals surface area contributed by atoms with E-state index in [9.17, 15) is 9.59 Å². The van der Waals surface area contributed by atoms with Crippen molar-refractivity contribution in [2.45, 2.75) is 46.2 Å². The number of halogens is 1. The molecule has 0 bridgehead atoms. The summed E-state index contributed by atoms with van der Waals surface area (Å²) < 4.78 is 1.78. The van der Waals surface area contributed by atoms with Gasteiger partial charge in [0.25, 0.3) is 5.91 Å². The average molecular weight is 489 g/mol. The maximum absolute atomic E-state index is 13.0. The SMILES string of the molecule is CCCC(=O)NCc1ccc(-c2ccc(CNC(=O)c3c(CC)nc4cc(Cl)ccn34)cc2)cc1. The first-order valence-electron chi connectivity index (χ1n) is 11.9. The molecule has 0 aliphatic rings. The zero-order valence-corrected chi connectivity index (χ0v) is 20.7. The molecule has 4 rings (SSSR count). The molecule has 2 aromatic carbocycles. The molecule has 2 heterocycles. The molecule has 0 radical (unpaired) electrons. The van der Waals surface area contributed by atoms with Gasteiger partial charge in [0.15, 0.2) is 0 Å². The van der Waals surface area contributed by atoms with E-state index in [1.54, 1.807) is 22.7 Å². The molecule has 2 amide bonds. The van der Waals surface area contributed by atoms with Gasteiger partial charge in [-0.25, -0.2) is 4.98 Å². The second-order valence-corrected chi connectivity index (χ2v) is 8.87. The molecule has 0 fully saturated rings. The van der Waals surface area contributed by atoms with Crippen LogP contribution >= 0.6 is 11.6 Å². The third-order valence-electron chi connectivity index (χ3n) is 5.87. The lowest BCUT2D eigenvalue weighted by molar-refractivity contribution is -0.121. The molecule has 2 N–H and O–H groups in total. The van der Waals surface area contributed by atoms with Crippen molar-refractivity contribution in [1.29, 1.82) is 0 Å². The summed E-state index contributed by atoms with van der Waals surface area (Å²) in [7, 11) is 0. The minimum atomic E-state index is -0.164. The summed E-state index contributed by atoms with van der Waals surface area (Å²) in [6.45, 7) is 4.93. The molecule has 0 aliphatic heterocycles. The molecule has 6 nitrogen and oxygen atoms in total. The van der Waals surface area contributed by atoms with Crippen molar-refractivity contribution < 1.29 is 9.59 Å². The molecule has 0 saturated heterocycles. The Hall–Kier alpha value is -3.64. The molecule has 0 unspecified atom stereocenters. The van der Waals surface area contributed by atoms with Crippen LogP contribution in [0.5, 0.6) is 0 Å². The van der Waals surface area contributed by atoms with Crippen molar-refractivity contribution in [3.8, 4) is 11.1 Å². The van der Waals surface area contributed by atoms with Gasteiger partial charge in [-0.3, -0.25) is 14.0 Å². The summed E-state index contributed by atoms with van der Waals surface area (Å²) in [6, 6.07) is 19.8. The number of carbonyl (C=O) groups excluding carboxylic acids is 2. The van der Waals surface area contributed by atoms with E-state index >= 15 is 0 Å². The second kappa shape index (κ2) is 11.2. The Balaban J connectivity index is 1.38. The third-order valence-corrected chi connectivity index (χ3v) is 6.11. The van der Waals surface area contributed by atoms with Crippen LogP contribution in [0.25, 0.3) is 16.8 Å². The lowest BCUT2D eigenvalue weighted by Gasteiger charge is -2.09. The highest BCUT2D eigenvalue weighted by atomic mass is 35.5. The number of hydrogen-bond acceptors (Lipinski definition) is 3. The number of nitrogens with one attached hydrogen (secondary N) is 2. The normalized spacial score (nSPS) is 10.9. The molecule has 35 heavy (non-hydrogen) atoms. The zero-order chi connectivity index (χ0) is 24.8. The van der Waals surface area contributed by atoms with Gasteiger partial charge >= 0.3 is 0 Å². The van der Waals surface area contributed by atoms with E-state index in [0.29, 0.717) is 42.3 Å². The van der Waals surface area contributed by atoms with Crippen LogP contribution in [0.4, 0.5) is 0 Å². The fraction of sp³-hybridized carbons (Fsp3) is 0.250. The summed E-state index contributed by atoms with van der Waals surface area (Å²) in [5.41, 5.74) is 6.22. The Labute approximate surface area is 210 Å². The summed E-state index contributed by atoms with van der Waals surface area (Å²) in [4.78, 5) is 29.2. The maximum atomic E-state index is 13.0. The molecule has 0 atom stereocenters. The van der Waals surface area contributed by atoms with Gasteiger partial charge < -0.3 is 10.6 Å². The minimum Gasteiger partial charge on any atom is -0.352 e. The van der Waals surface area contributed by atoms with Crippen LogP contribution in [-0.4, -0.2) is 21.2 Å². The first-order valence-corrected chi connectivity index (χ1v) is 12.3. The minimum absolute atomic E-state index is 0.0796. The number of carbonyl (C=O) groups is 2. The first-order chi connectivity index (χ1) is 17.0. The Morgan fingerprint density at radius 2 is 1.49 bits per heavy atom. The van der Waals surface area contributed by atoms with Crippen LogP contribution < -0.4 is 10.6 Å². The molecule has 2 aromatic heterocycles. The predicted octanol–water partition coefficient (Wildman–Crippen LogP) is 5.56. The molecule has 0 aliphatic carbocycles. The van der Waals surface area contributed by atoms with E-state index in [1.807, 2.05) is 50.2 Å². The predicted molar refractivity (Wildman–Crippen MR) is 139 cm³/mol. The fourth-order valence-corrected chi connectivity index (χ4v) is 4.12. The lowest BCUT2D eigenvalue weighted by Crippen LogP contribution is -2.25. The van der Waals surface area contributed by atoms with Crippen molar-refractivity contribution in [2.75, 3.05) is 0 Å². The molecule has 180 valence electrons. The molecule has 4 aromatic rings. The summed E-state index contributed by atoms with van der Waals surface area (Å²) in [5.74, 6) is -0.0849. The Kier molecular flexibility index (Phi) is 7.83. The molecule has 7 heteroatoms. The van der Waals surface area contributed by atoms with Gasteiger partial charge in [0.05, 0.1) is 5.69 Å². The number of rotatable bonds is 9. The molecular weight excluding hydrogens is 460 g/mol. The Morgan fingerprint density at radius 1 is 0.886 bits per heavy atom. The number of aromatic nitrogens is 2. The molecular formula is C28H29ClN4O2. The number of fused-ring (bicyclic) bond motifs is 1. The molecule has 0 spiro atoms. The lowest BCUT2D eigenvalue weighted by atomic mass is 10.0. The Morgan fingerprint density at radius 3 is 2.06 bits per heavy atom.